The highest BCUT2D eigenvalue weighted by Gasteiger charge is 2.12. The van der Waals surface area contributed by atoms with Gasteiger partial charge in [0.2, 0.25) is 5.91 Å². The summed E-state index contributed by atoms with van der Waals surface area (Å²) in [6, 6.07) is 7.32. The number of H-pyrrole nitrogens is 1. The van der Waals surface area contributed by atoms with Gasteiger partial charge in [-0.15, -0.1) is 0 Å². The average Bonchev–Trinajstić information content (AvgIpc) is 2.62. The lowest BCUT2D eigenvalue weighted by molar-refractivity contribution is -0.143. The summed E-state index contributed by atoms with van der Waals surface area (Å²) in [5.74, 6) is -1.09. The molecule has 0 atom stereocenters. The Kier molecular flexibility index (Phi) is 7.02. The third kappa shape index (κ3) is 6.35. The molecule has 0 aliphatic rings. The zero-order valence-electron chi connectivity index (χ0n) is 15.6. The quantitative estimate of drug-likeness (QED) is 0.513. The molecule has 0 unspecified atom stereocenters. The van der Waals surface area contributed by atoms with Gasteiger partial charge >= 0.3 is 11.7 Å². The second-order valence-electron chi connectivity index (χ2n) is 6.55. The Morgan fingerprint density at radius 3 is 2.39 bits per heavy atom. The van der Waals surface area contributed by atoms with E-state index in [0.29, 0.717) is 17.7 Å². The first kappa shape index (κ1) is 20.8. The third-order valence-corrected chi connectivity index (χ3v) is 3.64. The Morgan fingerprint density at radius 1 is 1.11 bits per heavy atom. The van der Waals surface area contributed by atoms with Crippen LogP contribution < -0.4 is 16.6 Å². The molecular formula is C19H21N3O6. The van der Waals surface area contributed by atoms with Crippen molar-refractivity contribution < 1.29 is 19.1 Å². The number of benzene rings is 1. The molecule has 1 aromatic carbocycles. The fraction of sp³-hybridized carbons (Fsp3) is 0.316. The third-order valence-electron chi connectivity index (χ3n) is 3.64. The molecule has 2 aromatic rings. The van der Waals surface area contributed by atoms with E-state index in [2.05, 4.69) is 5.32 Å². The number of ether oxygens (including phenoxy) is 1. The monoisotopic (exact) mass is 387 g/mol. The minimum atomic E-state index is -0.792. The number of nitrogens with zero attached hydrogens (tertiary/aromatic N) is 1. The molecule has 9 heteroatoms. The van der Waals surface area contributed by atoms with Gasteiger partial charge in [-0.3, -0.25) is 28.7 Å². The summed E-state index contributed by atoms with van der Waals surface area (Å²) in [7, 11) is 0. The molecule has 0 spiro atoms. The smallest absolute Gasteiger partial charge is 0.328 e. The van der Waals surface area contributed by atoms with Crippen molar-refractivity contribution in [1.29, 1.82) is 0 Å². The number of nitrogens with one attached hydrogen (secondary N) is 2. The maximum absolute atomic E-state index is 12.1. The summed E-state index contributed by atoms with van der Waals surface area (Å²) in [6.07, 6.45) is 1.56. The maximum atomic E-state index is 12.1. The standard InChI is InChI=1S/C19H21N3O6/c1-12(2)9-17(25)20-14-5-3-13(4-6-14)15(23)11-28-18(26)10-22-8-7-16(24)21-19(22)27/h3-8,12H,9-11H2,1-2H3,(H,20,25)(H,21,24,27). The number of aromatic nitrogens is 2. The zero-order valence-corrected chi connectivity index (χ0v) is 15.6. The van der Waals surface area contributed by atoms with Crippen LogP contribution in [0.3, 0.4) is 0 Å². The van der Waals surface area contributed by atoms with E-state index in [1.165, 1.54) is 12.1 Å². The summed E-state index contributed by atoms with van der Waals surface area (Å²) < 4.78 is 5.84. The van der Waals surface area contributed by atoms with E-state index < -0.39 is 36.2 Å². The summed E-state index contributed by atoms with van der Waals surface area (Å²) in [5.41, 5.74) is -0.438. The second-order valence-corrected chi connectivity index (χ2v) is 6.55. The molecule has 9 nitrogen and oxygen atoms in total. The van der Waals surface area contributed by atoms with Crippen LogP contribution in [0.15, 0.2) is 46.1 Å². The molecule has 2 rings (SSSR count). The highest BCUT2D eigenvalue weighted by molar-refractivity contribution is 5.98. The highest BCUT2D eigenvalue weighted by Crippen LogP contribution is 2.12. The van der Waals surface area contributed by atoms with E-state index in [4.69, 9.17) is 4.74 Å². The van der Waals surface area contributed by atoms with Gasteiger partial charge in [-0.25, -0.2) is 4.79 Å². The summed E-state index contributed by atoms with van der Waals surface area (Å²) in [5, 5.41) is 2.73. The number of aromatic amines is 1. The van der Waals surface area contributed by atoms with Crippen LogP contribution in [0, 0.1) is 5.92 Å². The van der Waals surface area contributed by atoms with Crippen molar-refractivity contribution in [2.24, 2.45) is 5.92 Å². The lowest BCUT2D eigenvalue weighted by Gasteiger charge is -2.08. The van der Waals surface area contributed by atoms with E-state index in [0.717, 1.165) is 16.8 Å². The lowest BCUT2D eigenvalue weighted by atomic mass is 10.1. The van der Waals surface area contributed by atoms with Crippen molar-refractivity contribution in [3.63, 3.8) is 0 Å². The van der Waals surface area contributed by atoms with Crippen LogP contribution in [-0.4, -0.2) is 33.8 Å². The van der Waals surface area contributed by atoms with Crippen LogP contribution in [0.4, 0.5) is 5.69 Å². The number of hydrogen-bond acceptors (Lipinski definition) is 6. The number of esters is 1. The number of ketones is 1. The SMILES string of the molecule is CC(C)CC(=O)Nc1ccc(C(=O)COC(=O)Cn2ccc(=O)[nH]c2=O)cc1. The minimum absolute atomic E-state index is 0.111. The van der Waals surface area contributed by atoms with Crippen LogP contribution in [0.25, 0.3) is 0 Å². The molecule has 1 heterocycles. The number of carbonyl (C=O) groups is 3. The molecule has 0 aliphatic heterocycles. The maximum Gasteiger partial charge on any atom is 0.328 e. The summed E-state index contributed by atoms with van der Waals surface area (Å²) >= 11 is 0. The Bertz CT molecular complexity index is 972. The fourth-order valence-corrected chi connectivity index (χ4v) is 2.31. The second kappa shape index (κ2) is 9.45. The van der Waals surface area contributed by atoms with Gasteiger partial charge in [0.1, 0.15) is 6.54 Å². The van der Waals surface area contributed by atoms with Crippen LogP contribution in [-0.2, 0) is 20.9 Å². The summed E-state index contributed by atoms with van der Waals surface area (Å²) in [4.78, 5) is 60.1. The van der Waals surface area contributed by atoms with Gasteiger partial charge in [0.15, 0.2) is 12.4 Å². The normalized spacial score (nSPS) is 10.5. The van der Waals surface area contributed by atoms with E-state index >= 15 is 0 Å². The van der Waals surface area contributed by atoms with Gasteiger partial charge < -0.3 is 10.1 Å². The lowest BCUT2D eigenvalue weighted by Crippen LogP contribution is -2.31. The molecule has 0 aliphatic carbocycles. The van der Waals surface area contributed by atoms with E-state index in [9.17, 15) is 24.0 Å². The number of anilines is 1. The number of amides is 1. The van der Waals surface area contributed by atoms with Crippen LogP contribution in [0.1, 0.15) is 30.6 Å². The number of rotatable bonds is 8. The van der Waals surface area contributed by atoms with Crippen LogP contribution in [0.2, 0.25) is 0 Å². The van der Waals surface area contributed by atoms with Crippen molar-refractivity contribution in [3.05, 3.63) is 62.9 Å². The molecular weight excluding hydrogens is 366 g/mol. The van der Waals surface area contributed by atoms with Crippen molar-refractivity contribution in [3.8, 4) is 0 Å². The van der Waals surface area contributed by atoms with Gasteiger partial charge in [0.25, 0.3) is 5.56 Å². The number of Topliss-reactive ketones (excluding diaryl/α,β-unsaturated/α-hetero) is 1. The Balaban J connectivity index is 1.87. The van der Waals surface area contributed by atoms with Gasteiger partial charge in [-0.2, -0.15) is 0 Å². The Hall–Kier alpha value is -3.49. The molecule has 0 saturated heterocycles. The van der Waals surface area contributed by atoms with Crippen LogP contribution >= 0.6 is 0 Å². The minimum Gasteiger partial charge on any atom is -0.456 e. The first-order valence-corrected chi connectivity index (χ1v) is 8.63. The molecule has 2 N–H and O–H groups in total. The largest absolute Gasteiger partial charge is 0.456 e. The first-order chi connectivity index (χ1) is 13.2. The molecule has 0 bridgehead atoms. The van der Waals surface area contributed by atoms with Gasteiger partial charge in [-0.1, -0.05) is 13.8 Å². The Labute approximate surface area is 160 Å². The molecule has 0 fully saturated rings. The average molecular weight is 387 g/mol. The molecule has 28 heavy (non-hydrogen) atoms. The van der Waals surface area contributed by atoms with Gasteiger partial charge in [0.05, 0.1) is 0 Å². The van der Waals surface area contributed by atoms with Crippen LogP contribution in [0.5, 0.6) is 0 Å². The van der Waals surface area contributed by atoms with E-state index in [-0.39, 0.29) is 11.8 Å². The van der Waals surface area contributed by atoms with Crippen molar-refractivity contribution in [2.75, 3.05) is 11.9 Å². The van der Waals surface area contributed by atoms with Gasteiger partial charge in [0, 0.05) is 29.9 Å². The van der Waals surface area contributed by atoms with E-state index in [1.807, 2.05) is 18.8 Å². The first-order valence-electron chi connectivity index (χ1n) is 8.63. The predicted molar refractivity (Wildman–Crippen MR) is 101 cm³/mol. The van der Waals surface area contributed by atoms with E-state index in [1.54, 1.807) is 12.1 Å². The summed E-state index contributed by atoms with van der Waals surface area (Å²) in [6.45, 7) is 2.96. The molecule has 0 radical (unpaired) electrons. The predicted octanol–water partition coefficient (Wildman–Crippen LogP) is 0.947. The van der Waals surface area contributed by atoms with Crippen molar-refractivity contribution in [1.82, 2.24) is 9.55 Å². The Morgan fingerprint density at radius 2 is 1.79 bits per heavy atom. The molecule has 148 valence electrons. The topological polar surface area (TPSA) is 127 Å². The number of hydrogen-bond donors (Lipinski definition) is 2. The zero-order chi connectivity index (χ0) is 20.7. The molecule has 1 aromatic heterocycles. The molecule has 1 amide bonds. The van der Waals surface area contributed by atoms with Crippen molar-refractivity contribution in [2.45, 2.75) is 26.8 Å². The fourth-order valence-electron chi connectivity index (χ4n) is 2.31. The van der Waals surface area contributed by atoms with Crippen molar-refractivity contribution >= 4 is 23.3 Å². The number of carbonyl (C=O) groups excluding carboxylic acids is 3. The highest BCUT2D eigenvalue weighted by atomic mass is 16.5. The van der Waals surface area contributed by atoms with Gasteiger partial charge in [-0.05, 0) is 30.2 Å². The molecule has 0 saturated carbocycles.